The van der Waals surface area contributed by atoms with Crippen molar-refractivity contribution in [3.8, 4) is 0 Å². The van der Waals surface area contributed by atoms with Crippen molar-refractivity contribution in [3.05, 3.63) is 0 Å². The highest BCUT2D eigenvalue weighted by Gasteiger charge is 2.46. The fourth-order valence-electron chi connectivity index (χ4n) is 4.27. The monoisotopic (exact) mass is 224 g/mol. The Kier molecular flexibility index (Phi) is 3.63. The van der Waals surface area contributed by atoms with Crippen molar-refractivity contribution in [1.29, 1.82) is 0 Å². The molecule has 0 amide bonds. The van der Waals surface area contributed by atoms with E-state index in [4.69, 9.17) is 4.74 Å². The van der Waals surface area contributed by atoms with Crippen LogP contribution < -0.4 is 0 Å². The molecule has 1 aliphatic heterocycles. The van der Waals surface area contributed by atoms with E-state index in [1.165, 1.54) is 32.1 Å². The molecule has 16 heavy (non-hydrogen) atoms. The van der Waals surface area contributed by atoms with E-state index in [2.05, 4.69) is 27.7 Å². The Morgan fingerprint density at radius 1 is 1.31 bits per heavy atom. The van der Waals surface area contributed by atoms with Gasteiger partial charge in [0.2, 0.25) is 0 Å². The van der Waals surface area contributed by atoms with Crippen LogP contribution in [0.5, 0.6) is 0 Å². The van der Waals surface area contributed by atoms with Gasteiger partial charge in [0.05, 0.1) is 6.10 Å². The Balaban J connectivity index is 2.05. The van der Waals surface area contributed by atoms with Crippen LogP contribution in [0.1, 0.15) is 59.8 Å². The van der Waals surface area contributed by atoms with Gasteiger partial charge >= 0.3 is 0 Å². The summed E-state index contributed by atoms with van der Waals surface area (Å²) in [5.41, 5.74) is 0.550. The van der Waals surface area contributed by atoms with Gasteiger partial charge in [0.15, 0.2) is 0 Å². The predicted octanol–water partition coefficient (Wildman–Crippen LogP) is 4.26. The molecule has 1 heteroatoms. The van der Waals surface area contributed by atoms with E-state index in [0.717, 1.165) is 24.4 Å². The summed E-state index contributed by atoms with van der Waals surface area (Å²) in [5, 5.41) is 0. The fourth-order valence-corrected chi connectivity index (χ4v) is 4.27. The SMILES string of the molecule is CCC(CC)C1(C)CCC2[C@@H](C)CO[C@@H]2C1. The van der Waals surface area contributed by atoms with E-state index in [-0.39, 0.29) is 0 Å². The Morgan fingerprint density at radius 3 is 2.62 bits per heavy atom. The largest absolute Gasteiger partial charge is 0.378 e. The molecule has 4 atom stereocenters. The lowest BCUT2D eigenvalue weighted by molar-refractivity contribution is -0.0147. The molecule has 2 rings (SSSR count). The molecule has 0 aromatic carbocycles. The summed E-state index contributed by atoms with van der Waals surface area (Å²) in [5.74, 6) is 2.56. The lowest BCUT2D eigenvalue weighted by Crippen LogP contribution is -2.39. The molecule has 94 valence electrons. The van der Waals surface area contributed by atoms with Crippen molar-refractivity contribution in [2.45, 2.75) is 65.9 Å². The second-order valence-corrected chi connectivity index (χ2v) is 6.42. The maximum Gasteiger partial charge on any atom is 0.0612 e. The Morgan fingerprint density at radius 2 is 2.00 bits per heavy atom. The second kappa shape index (κ2) is 4.68. The van der Waals surface area contributed by atoms with Gasteiger partial charge < -0.3 is 4.74 Å². The standard InChI is InChI=1S/C15H28O/c1-5-12(6-2)15(4)8-7-13-11(3)10-16-14(13)9-15/h11-14H,5-10H2,1-4H3/t11-,13?,14+,15?/m0/s1. The summed E-state index contributed by atoms with van der Waals surface area (Å²) in [4.78, 5) is 0. The summed E-state index contributed by atoms with van der Waals surface area (Å²) in [6, 6.07) is 0. The first-order valence-electron chi connectivity index (χ1n) is 7.22. The molecule has 1 aliphatic carbocycles. The minimum Gasteiger partial charge on any atom is -0.378 e. The van der Waals surface area contributed by atoms with Gasteiger partial charge in [0.25, 0.3) is 0 Å². The molecular weight excluding hydrogens is 196 g/mol. The second-order valence-electron chi connectivity index (χ2n) is 6.42. The van der Waals surface area contributed by atoms with E-state index in [9.17, 15) is 0 Å². The zero-order valence-electron chi connectivity index (χ0n) is 11.5. The van der Waals surface area contributed by atoms with Crippen molar-refractivity contribution in [2.24, 2.45) is 23.2 Å². The average molecular weight is 224 g/mol. The lowest BCUT2D eigenvalue weighted by atomic mass is 9.61. The van der Waals surface area contributed by atoms with Crippen LogP contribution in [-0.4, -0.2) is 12.7 Å². The maximum atomic E-state index is 6.00. The first-order valence-corrected chi connectivity index (χ1v) is 7.22. The van der Waals surface area contributed by atoms with E-state index >= 15 is 0 Å². The van der Waals surface area contributed by atoms with Crippen LogP contribution in [0.25, 0.3) is 0 Å². The Labute approximate surface area is 101 Å². The van der Waals surface area contributed by atoms with E-state index in [1.807, 2.05) is 0 Å². The molecule has 0 aromatic rings. The van der Waals surface area contributed by atoms with Crippen LogP contribution in [0.3, 0.4) is 0 Å². The van der Waals surface area contributed by atoms with Crippen molar-refractivity contribution >= 4 is 0 Å². The average Bonchev–Trinajstić information content (AvgIpc) is 2.61. The third-order valence-corrected chi connectivity index (χ3v) is 5.47. The summed E-state index contributed by atoms with van der Waals surface area (Å²) < 4.78 is 6.00. The van der Waals surface area contributed by atoms with E-state index in [0.29, 0.717) is 11.5 Å². The third kappa shape index (κ3) is 2.03. The summed E-state index contributed by atoms with van der Waals surface area (Å²) >= 11 is 0. The number of rotatable bonds is 3. The molecule has 1 saturated carbocycles. The zero-order valence-corrected chi connectivity index (χ0v) is 11.5. The van der Waals surface area contributed by atoms with Crippen LogP contribution in [0.15, 0.2) is 0 Å². The number of hydrogen-bond donors (Lipinski definition) is 0. The Hall–Kier alpha value is -0.0400. The van der Waals surface area contributed by atoms with Crippen LogP contribution in [-0.2, 0) is 4.74 Å². The van der Waals surface area contributed by atoms with Gasteiger partial charge in [-0.1, -0.05) is 40.5 Å². The lowest BCUT2D eigenvalue weighted by Gasteiger charge is -2.45. The molecule has 2 unspecified atom stereocenters. The van der Waals surface area contributed by atoms with Crippen molar-refractivity contribution < 1.29 is 4.74 Å². The number of hydrogen-bond acceptors (Lipinski definition) is 1. The maximum absolute atomic E-state index is 6.00. The first-order chi connectivity index (χ1) is 7.60. The molecule has 2 aliphatic rings. The normalized spacial score (nSPS) is 43.7. The van der Waals surface area contributed by atoms with Gasteiger partial charge in [-0.15, -0.1) is 0 Å². The molecule has 0 aromatic heterocycles. The van der Waals surface area contributed by atoms with Crippen molar-refractivity contribution in [1.82, 2.24) is 0 Å². The highest BCUT2D eigenvalue weighted by Crippen LogP contribution is 2.50. The van der Waals surface area contributed by atoms with Crippen LogP contribution in [0.4, 0.5) is 0 Å². The summed E-state index contributed by atoms with van der Waals surface area (Å²) in [7, 11) is 0. The van der Waals surface area contributed by atoms with Gasteiger partial charge in [-0.05, 0) is 42.4 Å². The molecule has 1 heterocycles. The smallest absolute Gasteiger partial charge is 0.0612 e. The van der Waals surface area contributed by atoms with Gasteiger partial charge in [0, 0.05) is 6.61 Å². The van der Waals surface area contributed by atoms with E-state index in [1.54, 1.807) is 0 Å². The number of fused-ring (bicyclic) bond motifs is 1. The van der Waals surface area contributed by atoms with Crippen LogP contribution in [0, 0.1) is 23.2 Å². The van der Waals surface area contributed by atoms with Crippen LogP contribution in [0.2, 0.25) is 0 Å². The van der Waals surface area contributed by atoms with Gasteiger partial charge in [-0.2, -0.15) is 0 Å². The highest BCUT2D eigenvalue weighted by atomic mass is 16.5. The zero-order chi connectivity index (χ0) is 11.8. The Bertz CT molecular complexity index is 234. The minimum atomic E-state index is 0.550. The topological polar surface area (TPSA) is 9.23 Å². The minimum absolute atomic E-state index is 0.550. The predicted molar refractivity (Wildman–Crippen MR) is 68.4 cm³/mol. The fraction of sp³-hybridized carbons (Fsp3) is 1.00. The molecule has 0 radical (unpaired) electrons. The third-order valence-electron chi connectivity index (χ3n) is 5.47. The first kappa shape index (κ1) is 12.4. The summed E-state index contributed by atoms with van der Waals surface area (Å²) in [6.45, 7) is 10.6. The molecular formula is C15H28O. The van der Waals surface area contributed by atoms with E-state index < -0.39 is 0 Å². The molecule has 0 N–H and O–H groups in total. The van der Waals surface area contributed by atoms with Gasteiger partial charge in [0.1, 0.15) is 0 Å². The van der Waals surface area contributed by atoms with Crippen molar-refractivity contribution in [2.75, 3.05) is 6.61 Å². The molecule has 0 bridgehead atoms. The van der Waals surface area contributed by atoms with Gasteiger partial charge in [-0.3, -0.25) is 0 Å². The van der Waals surface area contributed by atoms with Crippen LogP contribution >= 0.6 is 0 Å². The number of ether oxygens (including phenoxy) is 1. The molecule has 0 spiro atoms. The summed E-state index contributed by atoms with van der Waals surface area (Å²) in [6.07, 6.45) is 7.38. The molecule has 1 nitrogen and oxygen atoms in total. The quantitative estimate of drug-likeness (QED) is 0.696. The molecule has 1 saturated heterocycles. The van der Waals surface area contributed by atoms with Crippen molar-refractivity contribution in [3.63, 3.8) is 0 Å². The van der Waals surface area contributed by atoms with Gasteiger partial charge in [-0.25, -0.2) is 0 Å². The highest BCUT2D eigenvalue weighted by molar-refractivity contribution is 4.95. The molecule has 2 fully saturated rings.